The van der Waals surface area contributed by atoms with Crippen LogP contribution in [-0.2, 0) is 0 Å². The second-order valence-electron chi connectivity index (χ2n) is 5.12. The van der Waals surface area contributed by atoms with Crippen molar-refractivity contribution in [3.63, 3.8) is 0 Å². The van der Waals surface area contributed by atoms with Crippen molar-refractivity contribution in [2.75, 3.05) is 12.3 Å². The maximum absolute atomic E-state index is 11.7. The Labute approximate surface area is 111 Å². The Bertz CT molecular complexity index is 399. The van der Waals surface area contributed by atoms with E-state index in [0.717, 1.165) is 36.1 Å². The Morgan fingerprint density at radius 2 is 2.11 bits per heavy atom. The van der Waals surface area contributed by atoms with Crippen LogP contribution in [0, 0.1) is 11.8 Å². The zero-order valence-electron chi connectivity index (χ0n) is 10.7. The maximum Gasteiger partial charge on any atom is 0.282 e. The molecule has 0 bridgehead atoms. The molecule has 0 radical (unpaired) electrons. The molecule has 1 aliphatic carbocycles. The van der Waals surface area contributed by atoms with Crippen LogP contribution >= 0.6 is 11.3 Å². The van der Waals surface area contributed by atoms with E-state index >= 15 is 0 Å². The average molecular weight is 268 g/mol. The van der Waals surface area contributed by atoms with E-state index in [4.69, 9.17) is 5.73 Å². The van der Waals surface area contributed by atoms with E-state index in [1.807, 2.05) is 0 Å². The van der Waals surface area contributed by atoms with Gasteiger partial charge in [0.1, 0.15) is 0 Å². The van der Waals surface area contributed by atoms with Crippen LogP contribution in [0.25, 0.3) is 0 Å². The number of aromatic nitrogens is 2. The fraction of sp³-hybridized carbons (Fsp3) is 0.750. The van der Waals surface area contributed by atoms with Crippen molar-refractivity contribution in [1.29, 1.82) is 0 Å². The van der Waals surface area contributed by atoms with Gasteiger partial charge in [-0.25, -0.2) is 0 Å². The second kappa shape index (κ2) is 6.13. The van der Waals surface area contributed by atoms with Gasteiger partial charge in [-0.15, -0.1) is 10.2 Å². The summed E-state index contributed by atoms with van der Waals surface area (Å²) in [4.78, 5) is 11.7. The summed E-state index contributed by atoms with van der Waals surface area (Å²) in [6.45, 7) is 3.04. The fourth-order valence-corrected chi connectivity index (χ4v) is 2.94. The van der Waals surface area contributed by atoms with Gasteiger partial charge in [0, 0.05) is 6.54 Å². The fourth-order valence-electron chi connectivity index (χ4n) is 2.41. The first-order valence-electron chi connectivity index (χ1n) is 6.52. The number of rotatable bonds is 4. The van der Waals surface area contributed by atoms with Gasteiger partial charge >= 0.3 is 0 Å². The van der Waals surface area contributed by atoms with Gasteiger partial charge < -0.3 is 11.1 Å². The minimum absolute atomic E-state index is 0.159. The van der Waals surface area contributed by atoms with Crippen LogP contribution in [0.5, 0.6) is 0 Å². The lowest BCUT2D eigenvalue weighted by atomic mass is 9.81. The molecule has 0 spiro atoms. The number of amides is 1. The van der Waals surface area contributed by atoms with Gasteiger partial charge in [-0.3, -0.25) is 4.79 Å². The number of nitrogen functional groups attached to an aromatic ring is 1. The number of carbonyl (C=O) groups is 1. The molecular weight excluding hydrogens is 248 g/mol. The molecule has 100 valence electrons. The van der Waals surface area contributed by atoms with Gasteiger partial charge in [-0.05, 0) is 18.3 Å². The molecule has 1 heterocycles. The molecule has 5 nitrogen and oxygen atoms in total. The number of nitrogens with zero attached hydrogens (tertiary/aromatic N) is 2. The summed E-state index contributed by atoms with van der Waals surface area (Å²) in [5, 5.41) is 10.9. The van der Waals surface area contributed by atoms with Crippen LogP contribution in [0.15, 0.2) is 0 Å². The first kappa shape index (κ1) is 13.3. The molecule has 0 atom stereocenters. The van der Waals surface area contributed by atoms with Crippen molar-refractivity contribution in [3.8, 4) is 0 Å². The molecule has 1 aromatic rings. The smallest absolute Gasteiger partial charge is 0.282 e. The van der Waals surface area contributed by atoms with E-state index < -0.39 is 0 Å². The van der Waals surface area contributed by atoms with Crippen molar-refractivity contribution < 1.29 is 4.79 Å². The zero-order chi connectivity index (χ0) is 13.0. The molecule has 0 unspecified atom stereocenters. The molecular formula is C12H20N4OS. The summed E-state index contributed by atoms with van der Waals surface area (Å²) < 4.78 is 0. The Kier molecular flexibility index (Phi) is 4.52. The van der Waals surface area contributed by atoms with Crippen LogP contribution in [0.3, 0.4) is 0 Å². The SMILES string of the molecule is CC1CCC(CCNC(=O)c2nnc(N)s2)CC1. The highest BCUT2D eigenvalue weighted by Gasteiger charge is 2.18. The van der Waals surface area contributed by atoms with Crippen LogP contribution in [0.1, 0.15) is 48.8 Å². The lowest BCUT2D eigenvalue weighted by molar-refractivity contribution is 0.0948. The highest BCUT2D eigenvalue weighted by molar-refractivity contribution is 7.16. The molecule has 1 amide bonds. The van der Waals surface area contributed by atoms with E-state index in [-0.39, 0.29) is 5.91 Å². The summed E-state index contributed by atoms with van der Waals surface area (Å²) in [6.07, 6.45) is 6.30. The monoisotopic (exact) mass is 268 g/mol. The van der Waals surface area contributed by atoms with Gasteiger partial charge in [0.2, 0.25) is 10.1 Å². The molecule has 6 heteroatoms. The van der Waals surface area contributed by atoms with Crippen molar-refractivity contribution in [3.05, 3.63) is 5.01 Å². The Morgan fingerprint density at radius 1 is 1.39 bits per heavy atom. The van der Waals surface area contributed by atoms with E-state index in [1.165, 1.54) is 25.7 Å². The predicted octanol–water partition coefficient (Wildman–Crippen LogP) is 2.07. The third-order valence-electron chi connectivity index (χ3n) is 3.61. The van der Waals surface area contributed by atoms with Crippen molar-refractivity contribution in [2.45, 2.75) is 39.0 Å². The molecule has 1 aliphatic rings. The van der Waals surface area contributed by atoms with Gasteiger partial charge in [-0.2, -0.15) is 0 Å². The van der Waals surface area contributed by atoms with Gasteiger partial charge in [0.05, 0.1) is 0 Å². The standard InChI is InChI=1S/C12H20N4OS/c1-8-2-4-9(5-3-8)6-7-14-10(17)11-15-16-12(13)18-11/h8-9H,2-7H2,1H3,(H2,13,16)(H,14,17). The van der Waals surface area contributed by atoms with E-state index in [2.05, 4.69) is 22.4 Å². The Hall–Kier alpha value is -1.17. The average Bonchev–Trinajstić information content (AvgIpc) is 2.78. The normalized spacial score (nSPS) is 23.8. The number of nitrogens with two attached hydrogens (primary N) is 1. The molecule has 0 aliphatic heterocycles. The third-order valence-corrected chi connectivity index (χ3v) is 4.36. The molecule has 1 saturated carbocycles. The number of hydrogen-bond acceptors (Lipinski definition) is 5. The van der Waals surface area contributed by atoms with Crippen LogP contribution in [0.4, 0.5) is 5.13 Å². The van der Waals surface area contributed by atoms with Gasteiger partial charge in [-0.1, -0.05) is 43.9 Å². The number of nitrogens with one attached hydrogen (secondary N) is 1. The van der Waals surface area contributed by atoms with Crippen molar-refractivity contribution >= 4 is 22.4 Å². The third kappa shape index (κ3) is 3.66. The van der Waals surface area contributed by atoms with Gasteiger partial charge in [0.15, 0.2) is 0 Å². The Balaban J connectivity index is 1.67. The topological polar surface area (TPSA) is 80.9 Å². The van der Waals surface area contributed by atoms with Crippen LogP contribution in [0.2, 0.25) is 0 Å². The van der Waals surface area contributed by atoms with Crippen LogP contribution < -0.4 is 11.1 Å². The molecule has 3 N–H and O–H groups in total. The van der Waals surface area contributed by atoms with Crippen molar-refractivity contribution in [2.24, 2.45) is 11.8 Å². The zero-order valence-corrected chi connectivity index (χ0v) is 11.5. The number of anilines is 1. The Morgan fingerprint density at radius 3 is 2.72 bits per heavy atom. The highest BCUT2D eigenvalue weighted by atomic mass is 32.1. The van der Waals surface area contributed by atoms with Crippen molar-refractivity contribution in [1.82, 2.24) is 15.5 Å². The lowest BCUT2D eigenvalue weighted by Crippen LogP contribution is -2.26. The molecule has 0 aromatic carbocycles. The summed E-state index contributed by atoms with van der Waals surface area (Å²) in [5.41, 5.74) is 5.44. The molecule has 18 heavy (non-hydrogen) atoms. The summed E-state index contributed by atoms with van der Waals surface area (Å²) in [6, 6.07) is 0. The largest absolute Gasteiger partial charge is 0.374 e. The predicted molar refractivity (Wildman–Crippen MR) is 72.4 cm³/mol. The summed E-state index contributed by atoms with van der Waals surface area (Å²) in [5.74, 6) is 1.48. The summed E-state index contributed by atoms with van der Waals surface area (Å²) >= 11 is 1.13. The highest BCUT2D eigenvalue weighted by Crippen LogP contribution is 2.29. The maximum atomic E-state index is 11.7. The quantitative estimate of drug-likeness (QED) is 0.876. The molecule has 0 saturated heterocycles. The first-order chi connectivity index (χ1) is 8.65. The molecule has 1 fully saturated rings. The molecule has 1 aromatic heterocycles. The van der Waals surface area contributed by atoms with Gasteiger partial charge in [0.25, 0.3) is 5.91 Å². The molecule has 2 rings (SSSR count). The minimum atomic E-state index is -0.159. The van der Waals surface area contributed by atoms with E-state index in [9.17, 15) is 4.79 Å². The minimum Gasteiger partial charge on any atom is -0.374 e. The number of carbonyl (C=O) groups excluding carboxylic acids is 1. The second-order valence-corrected chi connectivity index (χ2v) is 6.13. The lowest BCUT2D eigenvalue weighted by Gasteiger charge is -2.25. The van der Waals surface area contributed by atoms with Crippen LogP contribution in [-0.4, -0.2) is 22.6 Å². The number of hydrogen-bond donors (Lipinski definition) is 2. The van der Waals surface area contributed by atoms with E-state index in [1.54, 1.807) is 0 Å². The first-order valence-corrected chi connectivity index (χ1v) is 7.34. The summed E-state index contributed by atoms with van der Waals surface area (Å²) in [7, 11) is 0. The van der Waals surface area contributed by atoms with E-state index in [0.29, 0.717) is 10.1 Å².